The van der Waals surface area contributed by atoms with Crippen LogP contribution in [0.25, 0.3) is 0 Å². The predicted molar refractivity (Wildman–Crippen MR) is 83.5 cm³/mol. The van der Waals surface area contributed by atoms with Crippen LogP contribution in [0.15, 0.2) is 18.2 Å². The van der Waals surface area contributed by atoms with Crippen molar-refractivity contribution in [1.82, 2.24) is 10.3 Å². The Bertz CT molecular complexity index is 659. The lowest BCUT2D eigenvalue weighted by Gasteiger charge is -2.17. The van der Waals surface area contributed by atoms with Crippen molar-refractivity contribution in [3.8, 4) is 0 Å². The van der Waals surface area contributed by atoms with Gasteiger partial charge in [0.05, 0.1) is 11.7 Å². The van der Waals surface area contributed by atoms with Crippen LogP contribution in [0.5, 0.6) is 0 Å². The molecule has 0 bridgehead atoms. The average molecular weight is 323 g/mol. The maximum Gasteiger partial charge on any atom is 0.129 e. The molecule has 1 fully saturated rings. The zero-order valence-electron chi connectivity index (χ0n) is 11.5. The van der Waals surface area contributed by atoms with Gasteiger partial charge >= 0.3 is 0 Å². The molecule has 2 aliphatic carbocycles. The maximum atomic E-state index is 14.3. The summed E-state index contributed by atoms with van der Waals surface area (Å²) in [6.45, 7) is 0. The van der Waals surface area contributed by atoms with E-state index in [1.165, 1.54) is 23.1 Å². The van der Waals surface area contributed by atoms with E-state index in [9.17, 15) is 4.39 Å². The molecule has 1 heterocycles. The van der Waals surface area contributed by atoms with Crippen LogP contribution in [0.4, 0.5) is 4.39 Å². The van der Waals surface area contributed by atoms with E-state index >= 15 is 0 Å². The summed E-state index contributed by atoms with van der Waals surface area (Å²) in [4.78, 5) is 6.15. The second-order valence-electron chi connectivity index (χ2n) is 5.82. The number of benzene rings is 1. The van der Waals surface area contributed by atoms with Crippen LogP contribution < -0.4 is 5.32 Å². The molecule has 2 nitrogen and oxygen atoms in total. The van der Waals surface area contributed by atoms with Crippen LogP contribution in [0.1, 0.15) is 46.4 Å². The molecular formula is C16H16ClFN2S. The third-order valence-corrected chi connectivity index (χ3v) is 5.57. The lowest BCUT2D eigenvalue weighted by atomic mass is 10.1. The highest BCUT2D eigenvalue weighted by molar-refractivity contribution is 7.11. The lowest BCUT2D eigenvalue weighted by Crippen LogP contribution is -2.25. The van der Waals surface area contributed by atoms with Crippen molar-refractivity contribution in [2.45, 2.75) is 44.2 Å². The molecule has 0 amide bonds. The smallest absolute Gasteiger partial charge is 0.129 e. The fourth-order valence-corrected chi connectivity index (χ4v) is 4.24. The van der Waals surface area contributed by atoms with Crippen LogP contribution in [0.2, 0.25) is 5.02 Å². The van der Waals surface area contributed by atoms with Crippen LogP contribution in [0, 0.1) is 5.82 Å². The van der Waals surface area contributed by atoms with Crippen molar-refractivity contribution in [3.63, 3.8) is 0 Å². The molecule has 0 radical (unpaired) electrons. The molecule has 1 unspecified atom stereocenters. The van der Waals surface area contributed by atoms with Crippen LogP contribution in [-0.2, 0) is 12.8 Å². The van der Waals surface area contributed by atoms with Gasteiger partial charge in [-0.15, -0.1) is 11.3 Å². The van der Waals surface area contributed by atoms with E-state index in [1.807, 2.05) is 0 Å². The molecule has 110 valence electrons. The number of thiazole rings is 1. The summed E-state index contributed by atoms with van der Waals surface area (Å²) in [5.74, 6) is -0.254. The monoisotopic (exact) mass is 322 g/mol. The van der Waals surface area contributed by atoms with Gasteiger partial charge in [-0.1, -0.05) is 17.7 Å². The molecule has 4 rings (SSSR count). The number of aromatic nitrogens is 1. The van der Waals surface area contributed by atoms with Gasteiger partial charge in [0.1, 0.15) is 10.8 Å². The normalized spacial score (nSPS) is 18.8. The molecule has 1 aromatic heterocycles. The van der Waals surface area contributed by atoms with Crippen molar-refractivity contribution in [2.24, 2.45) is 0 Å². The highest BCUT2D eigenvalue weighted by Crippen LogP contribution is 2.36. The molecule has 1 aromatic carbocycles. The summed E-state index contributed by atoms with van der Waals surface area (Å²) in [6.07, 6.45) is 5.70. The van der Waals surface area contributed by atoms with Crippen molar-refractivity contribution in [1.29, 1.82) is 0 Å². The minimum absolute atomic E-state index is 0.148. The fourth-order valence-electron chi connectivity index (χ4n) is 2.85. The number of hydrogen-bond donors (Lipinski definition) is 1. The molecule has 0 spiro atoms. The summed E-state index contributed by atoms with van der Waals surface area (Å²) in [5, 5.41) is 4.96. The van der Waals surface area contributed by atoms with Crippen molar-refractivity contribution >= 4 is 22.9 Å². The van der Waals surface area contributed by atoms with E-state index in [0.29, 0.717) is 16.6 Å². The maximum absolute atomic E-state index is 14.3. The first-order chi connectivity index (χ1) is 10.2. The zero-order chi connectivity index (χ0) is 14.4. The van der Waals surface area contributed by atoms with E-state index in [-0.39, 0.29) is 11.9 Å². The highest BCUT2D eigenvalue weighted by Gasteiger charge is 2.31. The van der Waals surface area contributed by atoms with E-state index < -0.39 is 0 Å². The van der Waals surface area contributed by atoms with Gasteiger partial charge in [-0.3, -0.25) is 0 Å². The van der Waals surface area contributed by atoms with E-state index in [2.05, 4.69) is 5.32 Å². The molecule has 2 aliphatic rings. The summed E-state index contributed by atoms with van der Waals surface area (Å²) in [7, 11) is 0. The third kappa shape index (κ3) is 2.72. The SMILES string of the molecule is Fc1cc(Cl)ccc1C(NC1CC1)c1nc2c(s1)CCC2. The minimum atomic E-state index is -0.254. The predicted octanol–water partition coefficient (Wildman–Crippen LogP) is 4.27. The molecule has 21 heavy (non-hydrogen) atoms. The Morgan fingerprint density at radius 3 is 2.90 bits per heavy atom. The molecule has 1 atom stereocenters. The molecule has 2 aromatic rings. The Kier molecular flexibility index (Phi) is 3.48. The Balaban J connectivity index is 1.72. The van der Waals surface area contributed by atoms with Gasteiger partial charge in [-0.2, -0.15) is 0 Å². The van der Waals surface area contributed by atoms with E-state index in [4.69, 9.17) is 16.6 Å². The molecule has 0 aliphatic heterocycles. The second kappa shape index (κ2) is 5.34. The lowest BCUT2D eigenvalue weighted by molar-refractivity contribution is 0.544. The average Bonchev–Trinajstić information content (AvgIpc) is 3.00. The first-order valence-corrected chi connectivity index (χ1v) is 8.59. The second-order valence-corrected chi connectivity index (χ2v) is 7.37. The topological polar surface area (TPSA) is 24.9 Å². The molecule has 1 saturated carbocycles. The number of nitrogens with zero attached hydrogens (tertiary/aromatic N) is 1. The first-order valence-electron chi connectivity index (χ1n) is 7.40. The van der Waals surface area contributed by atoms with E-state index in [1.54, 1.807) is 23.5 Å². The van der Waals surface area contributed by atoms with Crippen LogP contribution in [-0.4, -0.2) is 11.0 Å². The number of nitrogens with one attached hydrogen (secondary N) is 1. The van der Waals surface area contributed by atoms with Gasteiger partial charge < -0.3 is 5.32 Å². The Labute approximate surface area is 132 Å². The fraction of sp³-hybridized carbons (Fsp3) is 0.438. The van der Waals surface area contributed by atoms with Gasteiger partial charge in [-0.25, -0.2) is 9.37 Å². The third-order valence-electron chi connectivity index (χ3n) is 4.11. The standard InChI is InChI=1S/C16H16ClFN2S/c17-9-4-7-11(12(18)8-9)15(19-10-5-6-10)16-20-13-2-1-3-14(13)21-16/h4,7-8,10,15,19H,1-3,5-6H2. The van der Waals surface area contributed by atoms with Crippen molar-refractivity contribution < 1.29 is 4.39 Å². The molecule has 5 heteroatoms. The number of halogens is 2. The first kappa shape index (κ1) is 13.7. The van der Waals surface area contributed by atoms with Gasteiger partial charge in [0.15, 0.2) is 0 Å². The quantitative estimate of drug-likeness (QED) is 0.909. The summed E-state index contributed by atoms with van der Waals surface area (Å²) in [5.41, 5.74) is 1.87. The number of fused-ring (bicyclic) bond motifs is 1. The molecule has 0 saturated heterocycles. The summed E-state index contributed by atoms with van der Waals surface area (Å²) in [6, 6.07) is 5.27. The number of rotatable bonds is 4. The Morgan fingerprint density at radius 2 is 2.19 bits per heavy atom. The highest BCUT2D eigenvalue weighted by atomic mass is 35.5. The Hall–Kier alpha value is -0.970. The van der Waals surface area contributed by atoms with E-state index in [0.717, 1.165) is 30.7 Å². The molecular weight excluding hydrogens is 307 g/mol. The Morgan fingerprint density at radius 1 is 1.33 bits per heavy atom. The minimum Gasteiger partial charge on any atom is -0.301 e. The van der Waals surface area contributed by atoms with Crippen molar-refractivity contribution in [3.05, 3.63) is 50.2 Å². The summed E-state index contributed by atoms with van der Waals surface area (Å²) >= 11 is 7.61. The van der Waals surface area contributed by atoms with Gasteiger partial charge in [-0.05, 0) is 44.2 Å². The van der Waals surface area contributed by atoms with Gasteiger partial charge in [0, 0.05) is 21.5 Å². The van der Waals surface area contributed by atoms with Crippen LogP contribution >= 0.6 is 22.9 Å². The zero-order valence-corrected chi connectivity index (χ0v) is 13.1. The number of hydrogen-bond acceptors (Lipinski definition) is 3. The summed E-state index contributed by atoms with van der Waals surface area (Å²) < 4.78 is 14.3. The van der Waals surface area contributed by atoms with Gasteiger partial charge in [0.2, 0.25) is 0 Å². The largest absolute Gasteiger partial charge is 0.301 e. The molecule has 1 N–H and O–H groups in total. The van der Waals surface area contributed by atoms with Crippen molar-refractivity contribution in [2.75, 3.05) is 0 Å². The number of aryl methyl sites for hydroxylation is 2. The van der Waals surface area contributed by atoms with Crippen LogP contribution in [0.3, 0.4) is 0 Å². The van der Waals surface area contributed by atoms with Gasteiger partial charge in [0.25, 0.3) is 0 Å².